The smallest absolute Gasteiger partial charge is 0.216 e. The molecule has 4 rings (SSSR count). The summed E-state index contributed by atoms with van der Waals surface area (Å²) in [4.78, 5) is 0. The number of methoxy groups -OCH3 is 1. The lowest BCUT2D eigenvalue weighted by Gasteiger charge is -2.04. The molecule has 0 fully saturated rings. The topological polar surface area (TPSA) is 55.2 Å². The van der Waals surface area contributed by atoms with Crippen LogP contribution < -0.4 is 4.74 Å². The number of fused-ring (bicyclic) bond motifs is 1. The van der Waals surface area contributed by atoms with E-state index in [0.29, 0.717) is 10.6 Å². The number of benzene rings is 3. The molecule has 1 heterocycles. The van der Waals surface area contributed by atoms with E-state index in [1.807, 2.05) is 48.5 Å². The largest absolute Gasteiger partial charge is 0.497 e. The van der Waals surface area contributed by atoms with Crippen molar-refractivity contribution in [1.82, 2.24) is 14.9 Å². The fourth-order valence-corrected chi connectivity index (χ4v) is 3.01. The molecule has 0 aliphatic carbocycles. The zero-order valence-corrected chi connectivity index (χ0v) is 14.9. The van der Waals surface area contributed by atoms with Gasteiger partial charge in [-0.15, -0.1) is 0 Å². The van der Waals surface area contributed by atoms with E-state index in [2.05, 4.69) is 33.5 Å². The SMILES string of the molecule is COc1cccc(-c2n[nH]c(=S)n2/N=C\c2cccc3ccccc23)c1. The highest BCUT2D eigenvalue weighted by Crippen LogP contribution is 2.22. The third-order valence-electron chi connectivity index (χ3n) is 4.11. The van der Waals surface area contributed by atoms with Crippen LogP contribution in [0, 0.1) is 4.77 Å². The number of ether oxygens (including phenoxy) is 1. The second-order valence-corrected chi connectivity index (χ2v) is 6.10. The van der Waals surface area contributed by atoms with Crippen LogP contribution in [0.25, 0.3) is 22.2 Å². The minimum atomic E-state index is 0.430. The van der Waals surface area contributed by atoms with Crippen LogP contribution in [0.3, 0.4) is 0 Å². The minimum absolute atomic E-state index is 0.430. The van der Waals surface area contributed by atoms with E-state index in [1.54, 1.807) is 18.0 Å². The van der Waals surface area contributed by atoms with E-state index in [9.17, 15) is 0 Å². The quantitative estimate of drug-likeness (QED) is 0.426. The number of nitrogens with one attached hydrogen (secondary N) is 1. The molecule has 6 heteroatoms. The van der Waals surface area contributed by atoms with Crippen LogP contribution in [0.15, 0.2) is 71.8 Å². The molecule has 128 valence electrons. The van der Waals surface area contributed by atoms with Gasteiger partial charge in [-0.1, -0.05) is 54.6 Å². The Kier molecular flexibility index (Phi) is 4.33. The third kappa shape index (κ3) is 3.02. The van der Waals surface area contributed by atoms with Crippen LogP contribution in [0.4, 0.5) is 0 Å². The van der Waals surface area contributed by atoms with E-state index in [1.165, 1.54) is 5.39 Å². The molecule has 5 nitrogen and oxygen atoms in total. The zero-order chi connectivity index (χ0) is 17.9. The van der Waals surface area contributed by atoms with Crippen LogP contribution in [-0.4, -0.2) is 28.2 Å². The first kappa shape index (κ1) is 16.2. The Balaban J connectivity index is 1.78. The van der Waals surface area contributed by atoms with Gasteiger partial charge in [-0.05, 0) is 35.1 Å². The number of aromatic amines is 1. The molecule has 1 N–H and O–H groups in total. The van der Waals surface area contributed by atoms with Gasteiger partial charge in [-0.3, -0.25) is 0 Å². The summed E-state index contributed by atoms with van der Waals surface area (Å²) >= 11 is 5.35. The second-order valence-electron chi connectivity index (χ2n) is 5.71. The van der Waals surface area contributed by atoms with Gasteiger partial charge in [0.05, 0.1) is 13.3 Å². The maximum atomic E-state index is 5.35. The fourth-order valence-electron chi connectivity index (χ4n) is 2.83. The van der Waals surface area contributed by atoms with Crippen molar-refractivity contribution in [2.45, 2.75) is 0 Å². The third-order valence-corrected chi connectivity index (χ3v) is 4.38. The van der Waals surface area contributed by atoms with Crippen molar-refractivity contribution in [3.8, 4) is 17.1 Å². The van der Waals surface area contributed by atoms with Gasteiger partial charge >= 0.3 is 0 Å². The van der Waals surface area contributed by atoms with Crippen LogP contribution in [0.5, 0.6) is 5.75 Å². The molecule has 3 aromatic carbocycles. The molecule has 1 aromatic heterocycles. The molecular formula is C20H16N4OS. The van der Waals surface area contributed by atoms with Crippen molar-refractivity contribution in [3.63, 3.8) is 0 Å². The molecule has 0 amide bonds. The van der Waals surface area contributed by atoms with Gasteiger partial charge in [-0.25, -0.2) is 5.10 Å². The number of hydrogen-bond donors (Lipinski definition) is 1. The summed E-state index contributed by atoms with van der Waals surface area (Å²) in [5.74, 6) is 1.38. The summed E-state index contributed by atoms with van der Waals surface area (Å²) < 4.78 is 7.34. The molecule has 26 heavy (non-hydrogen) atoms. The number of nitrogens with zero attached hydrogens (tertiary/aromatic N) is 3. The minimum Gasteiger partial charge on any atom is -0.497 e. The Morgan fingerprint density at radius 1 is 1.08 bits per heavy atom. The van der Waals surface area contributed by atoms with Crippen LogP contribution in [0.1, 0.15) is 5.56 Å². The summed E-state index contributed by atoms with van der Waals surface area (Å²) in [7, 11) is 1.63. The number of H-pyrrole nitrogens is 1. The molecule has 0 unspecified atom stereocenters. The maximum absolute atomic E-state index is 5.35. The molecule has 0 aliphatic heterocycles. The van der Waals surface area contributed by atoms with E-state index in [0.717, 1.165) is 22.3 Å². The van der Waals surface area contributed by atoms with Gasteiger partial charge in [0.15, 0.2) is 5.82 Å². The van der Waals surface area contributed by atoms with E-state index in [4.69, 9.17) is 17.0 Å². The molecule has 0 atom stereocenters. The highest BCUT2D eigenvalue weighted by atomic mass is 32.1. The maximum Gasteiger partial charge on any atom is 0.216 e. The monoisotopic (exact) mass is 360 g/mol. The lowest BCUT2D eigenvalue weighted by atomic mass is 10.1. The Hall–Kier alpha value is -3.25. The number of rotatable bonds is 4. The highest BCUT2D eigenvalue weighted by Gasteiger charge is 2.09. The van der Waals surface area contributed by atoms with Crippen LogP contribution in [-0.2, 0) is 0 Å². The first-order chi connectivity index (χ1) is 12.8. The standard InChI is InChI=1S/C20H16N4OS/c1-25-17-10-5-8-15(12-17)19-22-23-20(26)24(19)21-13-16-9-4-7-14-6-2-3-11-18(14)16/h2-13H,1H3,(H,23,26)/b21-13-. The molecule has 0 radical (unpaired) electrons. The highest BCUT2D eigenvalue weighted by molar-refractivity contribution is 7.71. The Morgan fingerprint density at radius 3 is 2.77 bits per heavy atom. The summed E-state index contributed by atoms with van der Waals surface area (Å²) in [6, 6.07) is 22.0. The van der Waals surface area contributed by atoms with Gasteiger partial charge in [-0.2, -0.15) is 14.9 Å². The van der Waals surface area contributed by atoms with Gasteiger partial charge in [0, 0.05) is 11.1 Å². The Bertz CT molecular complexity index is 1150. The lowest BCUT2D eigenvalue weighted by Crippen LogP contribution is -1.96. The van der Waals surface area contributed by atoms with Crippen molar-refractivity contribution in [1.29, 1.82) is 0 Å². The molecule has 0 saturated carbocycles. The van der Waals surface area contributed by atoms with Crippen molar-refractivity contribution in [2.24, 2.45) is 5.10 Å². The van der Waals surface area contributed by atoms with Gasteiger partial charge in [0.1, 0.15) is 5.75 Å². The summed E-state index contributed by atoms with van der Waals surface area (Å²) in [6.07, 6.45) is 1.80. The van der Waals surface area contributed by atoms with Crippen LogP contribution >= 0.6 is 12.2 Å². The molecular weight excluding hydrogens is 344 g/mol. The van der Waals surface area contributed by atoms with Crippen LogP contribution in [0.2, 0.25) is 0 Å². The van der Waals surface area contributed by atoms with Crippen molar-refractivity contribution in [3.05, 3.63) is 77.1 Å². The van der Waals surface area contributed by atoms with Crippen molar-refractivity contribution < 1.29 is 4.74 Å². The first-order valence-electron chi connectivity index (χ1n) is 8.10. The number of hydrogen-bond acceptors (Lipinski definition) is 4. The predicted molar refractivity (Wildman–Crippen MR) is 106 cm³/mol. The Labute approximate surface area is 155 Å². The van der Waals surface area contributed by atoms with E-state index >= 15 is 0 Å². The average molecular weight is 360 g/mol. The lowest BCUT2D eigenvalue weighted by molar-refractivity contribution is 0.415. The zero-order valence-electron chi connectivity index (χ0n) is 14.1. The molecule has 0 bridgehead atoms. The van der Waals surface area contributed by atoms with E-state index in [-0.39, 0.29) is 0 Å². The Morgan fingerprint density at radius 2 is 1.88 bits per heavy atom. The molecule has 0 spiro atoms. The molecule has 0 aliphatic rings. The predicted octanol–water partition coefficient (Wildman–Crippen LogP) is 4.65. The number of aromatic nitrogens is 3. The van der Waals surface area contributed by atoms with E-state index < -0.39 is 0 Å². The first-order valence-corrected chi connectivity index (χ1v) is 8.51. The summed E-state index contributed by atoms with van der Waals surface area (Å²) in [5, 5.41) is 14.0. The molecule has 4 aromatic rings. The van der Waals surface area contributed by atoms with Gasteiger partial charge in [0.2, 0.25) is 4.77 Å². The van der Waals surface area contributed by atoms with Gasteiger partial charge < -0.3 is 4.74 Å². The normalized spacial score (nSPS) is 11.3. The molecule has 0 saturated heterocycles. The average Bonchev–Trinajstić information content (AvgIpc) is 3.07. The summed E-state index contributed by atoms with van der Waals surface area (Å²) in [5.41, 5.74) is 1.88. The van der Waals surface area contributed by atoms with Crippen molar-refractivity contribution in [2.75, 3.05) is 7.11 Å². The summed E-state index contributed by atoms with van der Waals surface area (Å²) in [6.45, 7) is 0. The van der Waals surface area contributed by atoms with Gasteiger partial charge in [0.25, 0.3) is 0 Å². The fraction of sp³-hybridized carbons (Fsp3) is 0.0500. The van der Waals surface area contributed by atoms with Crippen molar-refractivity contribution >= 4 is 29.2 Å². The second kappa shape index (κ2) is 6.93.